The summed E-state index contributed by atoms with van der Waals surface area (Å²) in [5, 5.41) is 21.5. The quantitative estimate of drug-likeness (QED) is 0.811. The molecule has 2 aromatic rings. The Bertz CT molecular complexity index is 580. The molecule has 0 aliphatic rings. The molecule has 2 rings (SSSR count). The second kappa shape index (κ2) is 6.11. The van der Waals surface area contributed by atoms with Gasteiger partial charge in [-0.2, -0.15) is 0 Å². The highest BCUT2D eigenvalue weighted by Crippen LogP contribution is 2.28. The molecule has 0 atom stereocenters. The largest absolute Gasteiger partial charge is 0.481 e. The highest BCUT2D eigenvalue weighted by Gasteiger charge is 2.18. The molecule has 0 aromatic carbocycles. The van der Waals surface area contributed by atoms with E-state index in [9.17, 15) is 4.79 Å². The van der Waals surface area contributed by atoms with Gasteiger partial charge in [-0.1, -0.05) is 23.2 Å². The van der Waals surface area contributed by atoms with Crippen molar-refractivity contribution in [2.75, 3.05) is 5.75 Å². The van der Waals surface area contributed by atoms with Crippen LogP contribution in [0.4, 0.5) is 0 Å². The van der Waals surface area contributed by atoms with Gasteiger partial charge in [-0.3, -0.25) is 4.79 Å². The van der Waals surface area contributed by atoms with Crippen molar-refractivity contribution in [3.63, 3.8) is 0 Å². The maximum absolute atomic E-state index is 10.6. The summed E-state index contributed by atoms with van der Waals surface area (Å²) >= 11 is 2.44. The van der Waals surface area contributed by atoms with E-state index in [2.05, 4.69) is 19.8 Å². The van der Waals surface area contributed by atoms with Crippen LogP contribution in [0.25, 0.3) is 10.7 Å². The van der Waals surface area contributed by atoms with Gasteiger partial charge in [-0.05, 0) is 24.9 Å². The number of carboxylic acid groups (broad SMARTS) is 1. The van der Waals surface area contributed by atoms with Crippen molar-refractivity contribution >= 4 is 29.3 Å². The molecule has 0 saturated heterocycles. The van der Waals surface area contributed by atoms with E-state index in [0.717, 1.165) is 23.5 Å². The highest BCUT2D eigenvalue weighted by atomic mass is 32.2. The fourth-order valence-corrected chi connectivity index (χ4v) is 2.89. The summed E-state index contributed by atoms with van der Waals surface area (Å²) in [4.78, 5) is 11.5. The fraction of sp³-hybridized carbons (Fsp3) is 0.500. The molecule has 0 aliphatic heterocycles. The molecule has 0 saturated carbocycles. The smallest absolute Gasteiger partial charge is 0.313 e. The standard InChI is InChI=1S/C10H13N5O2S2/c1-3-4-15-9(8-6(2)11-14-19-8)12-13-10(15)18-5-7(16)17/h3-5H2,1-2H3,(H,16,17). The molecule has 0 bridgehead atoms. The van der Waals surface area contributed by atoms with E-state index in [1.54, 1.807) is 0 Å². The lowest BCUT2D eigenvalue weighted by atomic mass is 10.3. The first-order chi connectivity index (χ1) is 9.13. The van der Waals surface area contributed by atoms with Crippen LogP contribution in [-0.2, 0) is 11.3 Å². The molecule has 1 N–H and O–H groups in total. The first kappa shape index (κ1) is 13.9. The number of thioether (sulfide) groups is 1. The zero-order valence-electron chi connectivity index (χ0n) is 10.5. The Morgan fingerprint density at radius 2 is 2.21 bits per heavy atom. The van der Waals surface area contributed by atoms with Gasteiger partial charge in [0.2, 0.25) is 0 Å². The molecule has 2 heterocycles. The lowest BCUT2D eigenvalue weighted by molar-refractivity contribution is -0.133. The number of aliphatic carboxylic acids is 1. The van der Waals surface area contributed by atoms with Crippen LogP contribution in [0.1, 0.15) is 19.0 Å². The van der Waals surface area contributed by atoms with E-state index in [-0.39, 0.29) is 5.75 Å². The van der Waals surface area contributed by atoms with Gasteiger partial charge in [0.25, 0.3) is 0 Å². The van der Waals surface area contributed by atoms with Crippen molar-refractivity contribution in [1.29, 1.82) is 0 Å². The molecule has 0 fully saturated rings. The van der Waals surface area contributed by atoms with Gasteiger partial charge in [-0.25, -0.2) is 0 Å². The van der Waals surface area contributed by atoms with Crippen LogP contribution in [-0.4, -0.2) is 41.2 Å². The van der Waals surface area contributed by atoms with Crippen LogP contribution in [0.5, 0.6) is 0 Å². The fourth-order valence-electron chi connectivity index (χ4n) is 1.55. The lowest BCUT2D eigenvalue weighted by Crippen LogP contribution is -2.04. The number of carbonyl (C=O) groups is 1. The Hall–Kier alpha value is -1.48. The average molecular weight is 299 g/mol. The summed E-state index contributed by atoms with van der Waals surface area (Å²) < 4.78 is 5.82. The second-order valence-corrected chi connectivity index (χ2v) is 5.52. The topological polar surface area (TPSA) is 93.8 Å². The molecule has 7 nitrogen and oxygen atoms in total. The van der Waals surface area contributed by atoms with E-state index in [4.69, 9.17) is 5.11 Å². The molecular weight excluding hydrogens is 286 g/mol. The maximum atomic E-state index is 10.6. The first-order valence-corrected chi connectivity index (χ1v) is 7.46. The highest BCUT2D eigenvalue weighted by molar-refractivity contribution is 7.99. The second-order valence-electron chi connectivity index (χ2n) is 3.83. The van der Waals surface area contributed by atoms with Crippen molar-refractivity contribution in [1.82, 2.24) is 24.4 Å². The zero-order chi connectivity index (χ0) is 13.8. The third-order valence-electron chi connectivity index (χ3n) is 2.34. The molecule has 0 aliphatic carbocycles. The van der Waals surface area contributed by atoms with Crippen molar-refractivity contribution in [2.24, 2.45) is 0 Å². The van der Waals surface area contributed by atoms with Gasteiger partial charge in [-0.15, -0.1) is 15.3 Å². The van der Waals surface area contributed by atoms with Crippen molar-refractivity contribution in [3.8, 4) is 10.7 Å². The van der Waals surface area contributed by atoms with Gasteiger partial charge in [0.1, 0.15) is 4.88 Å². The van der Waals surface area contributed by atoms with Gasteiger partial charge < -0.3 is 9.67 Å². The minimum Gasteiger partial charge on any atom is -0.481 e. The van der Waals surface area contributed by atoms with Crippen molar-refractivity contribution in [2.45, 2.75) is 32.0 Å². The molecular formula is C10H13N5O2S2. The lowest BCUT2D eigenvalue weighted by Gasteiger charge is -2.06. The Labute approximate surface area is 118 Å². The minimum atomic E-state index is -0.867. The van der Waals surface area contributed by atoms with Crippen LogP contribution in [0.3, 0.4) is 0 Å². The van der Waals surface area contributed by atoms with Crippen LogP contribution < -0.4 is 0 Å². The predicted octanol–water partition coefficient (Wildman–Crippen LogP) is 1.69. The first-order valence-electron chi connectivity index (χ1n) is 5.70. The number of hydrogen-bond acceptors (Lipinski definition) is 7. The number of aryl methyl sites for hydroxylation is 1. The number of aromatic nitrogens is 5. The van der Waals surface area contributed by atoms with E-state index in [1.807, 2.05) is 18.4 Å². The van der Waals surface area contributed by atoms with E-state index >= 15 is 0 Å². The van der Waals surface area contributed by atoms with E-state index < -0.39 is 5.97 Å². The van der Waals surface area contributed by atoms with Crippen LogP contribution in [0, 0.1) is 6.92 Å². The number of nitrogens with zero attached hydrogens (tertiary/aromatic N) is 5. The molecule has 0 radical (unpaired) electrons. The maximum Gasteiger partial charge on any atom is 0.313 e. The van der Waals surface area contributed by atoms with Gasteiger partial charge in [0.15, 0.2) is 11.0 Å². The average Bonchev–Trinajstić information content (AvgIpc) is 2.94. The van der Waals surface area contributed by atoms with Gasteiger partial charge >= 0.3 is 5.97 Å². The number of hydrogen-bond donors (Lipinski definition) is 1. The third-order valence-corrected chi connectivity index (χ3v) is 4.12. The summed E-state index contributed by atoms with van der Waals surface area (Å²) in [6.07, 6.45) is 0.914. The third kappa shape index (κ3) is 3.10. The molecule has 2 aromatic heterocycles. The Balaban J connectivity index is 2.34. The summed E-state index contributed by atoms with van der Waals surface area (Å²) in [6.45, 7) is 4.66. The summed E-state index contributed by atoms with van der Waals surface area (Å²) in [7, 11) is 0. The number of rotatable bonds is 6. The Morgan fingerprint density at radius 1 is 1.42 bits per heavy atom. The normalized spacial score (nSPS) is 10.8. The van der Waals surface area contributed by atoms with Crippen molar-refractivity contribution in [3.05, 3.63) is 5.69 Å². The molecule has 19 heavy (non-hydrogen) atoms. The van der Waals surface area contributed by atoms with Crippen LogP contribution >= 0.6 is 23.3 Å². The minimum absolute atomic E-state index is 0.0260. The summed E-state index contributed by atoms with van der Waals surface area (Å²) in [5.74, 6) is -0.183. The predicted molar refractivity (Wildman–Crippen MR) is 72.3 cm³/mol. The molecule has 102 valence electrons. The monoisotopic (exact) mass is 299 g/mol. The number of carboxylic acids is 1. The molecule has 0 amide bonds. The van der Waals surface area contributed by atoms with Gasteiger partial charge in [0.05, 0.1) is 11.4 Å². The SMILES string of the molecule is CCCn1c(SCC(=O)O)nnc1-c1snnc1C. The van der Waals surface area contributed by atoms with E-state index in [0.29, 0.717) is 11.0 Å². The summed E-state index contributed by atoms with van der Waals surface area (Å²) in [6, 6.07) is 0. The zero-order valence-corrected chi connectivity index (χ0v) is 12.2. The van der Waals surface area contributed by atoms with Crippen molar-refractivity contribution < 1.29 is 9.90 Å². The molecule has 9 heteroatoms. The van der Waals surface area contributed by atoms with Crippen LogP contribution in [0.15, 0.2) is 5.16 Å². The molecule has 0 spiro atoms. The van der Waals surface area contributed by atoms with E-state index in [1.165, 1.54) is 23.3 Å². The summed E-state index contributed by atoms with van der Waals surface area (Å²) in [5.41, 5.74) is 0.810. The van der Waals surface area contributed by atoms with Gasteiger partial charge in [0, 0.05) is 6.54 Å². The van der Waals surface area contributed by atoms with Crippen LogP contribution in [0.2, 0.25) is 0 Å². The Kier molecular flexibility index (Phi) is 4.48. The Morgan fingerprint density at radius 3 is 2.79 bits per heavy atom. The molecule has 0 unspecified atom stereocenters.